The molecule has 2 rings (SSSR count). The summed E-state index contributed by atoms with van der Waals surface area (Å²) in [7, 11) is 0. The van der Waals surface area contributed by atoms with Gasteiger partial charge in [-0.1, -0.05) is 24.3 Å². The maximum absolute atomic E-state index is 4.18. The minimum Gasteiger partial charge on any atom is -0.256 e. The molecule has 0 spiro atoms. The van der Waals surface area contributed by atoms with E-state index in [1.807, 2.05) is 30.5 Å². The van der Waals surface area contributed by atoms with Crippen molar-refractivity contribution in [1.29, 1.82) is 0 Å². The van der Waals surface area contributed by atoms with E-state index in [0.29, 0.717) is 0 Å². The molecule has 0 bridgehead atoms. The Labute approximate surface area is 82.4 Å². The summed E-state index contributed by atoms with van der Waals surface area (Å²) in [5.41, 5.74) is 1.06. The number of rotatable bonds is 0. The Morgan fingerprint density at radius 3 is 2.45 bits per heavy atom. The van der Waals surface area contributed by atoms with Crippen molar-refractivity contribution < 1.29 is 0 Å². The molecule has 0 aliphatic carbocycles. The fourth-order valence-electron chi connectivity index (χ4n) is 1.02. The Balaban J connectivity index is 0.000000605. The van der Waals surface area contributed by atoms with E-state index in [9.17, 15) is 0 Å². The SMILES string of the molecule is [Sn+4].c1ccc2ncccc2c1. The minimum atomic E-state index is 0. The number of benzene rings is 1. The first-order chi connectivity index (χ1) is 4.97. The Morgan fingerprint density at radius 1 is 0.909 bits per heavy atom. The van der Waals surface area contributed by atoms with Gasteiger partial charge in [0.25, 0.3) is 0 Å². The van der Waals surface area contributed by atoms with Crippen LogP contribution in [-0.4, -0.2) is 28.9 Å². The standard InChI is InChI=1S/C9H7N.Sn/c1-2-6-9-8(4-1)5-3-7-10-9;/h1-7H;/q;+4. The molecule has 0 N–H and O–H groups in total. The van der Waals surface area contributed by atoms with Gasteiger partial charge >= 0.3 is 23.9 Å². The van der Waals surface area contributed by atoms with Crippen LogP contribution in [0.4, 0.5) is 0 Å². The van der Waals surface area contributed by atoms with Gasteiger partial charge < -0.3 is 0 Å². The predicted molar refractivity (Wildman–Crippen MR) is 47.5 cm³/mol. The van der Waals surface area contributed by atoms with Crippen molar-refractivity contribution in [2.75, 3.05) is 0 Å². The first-order valence-corrected chi connectivity index (χ1v) is 3.26. The number of para-hydroxylation sites is 1. The number of hydrogen-bond donors (Lipinski definition) is 0. The van der Waals surface area contributed by atoms with Crippen LogP contribution in [0.25, 0.3) is 10.9 Å². The van der Waals surface area contributed by atoms with Crippen LogP contribution in [0.3, 0.4) is 0 Å². The summed E-state index contributed by atoms with van der Waals surface area (Å²) in [6.07, 6.45) is 1.81. The maximum atomic E-state index is 4.18. The monoisotopic (exact) mass is 249 g/mol. The molecular weight excluding hydrogens is 241 g/mol. The fraction of sp³-hybridized carbons (Fsp3) is 0. The molecule has 0 aliphatic rings. The Kier molecular flexibility index (Phi) is 2.88. The molecule has 0 radical (unpaired) electrons. The zero-order valence-corrected chi connectivity index (χ0v) is 8.84. The molecule has 1 aromatic heterocycles. The van der Waals surface area contributed by atoms with E-state index >= 15 is 0 Å². The number of hydrogen-bond acceptors (Lipinski definition) is 1. The molecule has 0 aliphatic heterocycles. The van der Waals surface area contributed by atoms with E-state index in [1.165, 1.54) is 5.39 Å². The average molecular weight is 248 g/mol. The van der Waals surface area contributed by atoms with Crippen molar-refractivity contribution in [3.05, 3.63) is 42.6 Å². The topological polar surface area (TPSA) is 12.9 Å². The minimum absolute atomic E-state index is 0. The van der Waals surface area contributed by atoms with E-state index in [-0.39, 0.29) is 23.9 Å². The molecule has 0 atom stereocenters. The first kappa shape index (κ1) is 8.52. The van der Waals surface area contributed by atoms with Crippen LogP contribution in [0.1, 0.15) is 0 Å². The third-order valence-corrected chi connectivity index (χ3v) is 1.51. The molecular formula is C9H7NSn+4. The van der Waals surface area contributed by atoms with Gasteiger partial charge in [0.1, 0.15) is 0 Å². The summed E-state index contributed by atoms with van der Waals surface area (Å²) in [5.74, 6) is 0. The van der Waals surface area contributed by atoms with Crippen molar-refractivity contribution in [2.24, 2.45) is 0 Å². The average Bonchev–Trinajstić information content (AvgIpc) is 2.05. The van der Waals surface area contributed by atoms with Crippen molar-refractivity contribution in [1.82, 2.24) is 4.98 Å². The quantitative estimate of drug-likeness (QED) is 0.648. The molecule has 0 saturated carbocycles. The van der Waals surface area contributed by atoms with Crippen molar-refractivity contribution >= 4 is 34.8 Å². The molecule has 2 heteroatoms. The summed E-state index contributed by atoms with van der Waals surface area (Å²) in [6.45, 7) is 0. The molecule has 1 nitrogen and oxygen atoms in total. The van der Waals surface area contributed by atoms with Gasteiger partial charge in [-0.25, -0.2) is 0 Å². The van der Waals surface area contributed by atoms with Gasteiger partial charge in [-0.2, -0.15) is 0 Å². The largest absolute Gasteiger partial charge is 4.00 e. The molecule has 1 heterocycles. The summed E-state index contributed by atoms with van der Waals surface area (Å²) >= 11 is 0. The predicted octanol–water partition coefficient (Wildman–Crippen LogP) is 1.85. The van der Waals surface area contributed by atoms with E-state index < -0.39 is 0 Å². The second-order valence-electron chi connectivity index (χ2n) is 2.20. The van der Waals surface area contributed by atoms with Crippen molar-refractivity contribution in [3.63, 3.8) is 0 Å². The number of pyridine rings is 1. The molecule has 0 fully saturated rings. The number of fused-ring (bicyclic) bond motifs is 1. The van der Waals surface area contributed by atoms with Crippen LogP contribution in [-0.2, 0) is 0 Å². The second kappa shape index (κ2) is 3.71. The van der Waals surface area contributed by atoms with E-state index in [2.05, 4.69) is 17.1 Å². The van der Waals surface area contributed by atoms with Crippen LogP contribution >= 0.6 is 0 Å². The molecule has 0 saturated heterocycles. The van der Waals surface area contributed by atoms with Crippen molar-refractivity contribution in [2.45, 2.75) is 0 Å². The van der Waals surface area contributed by atoms with Crippen LogP contribution in [0.5, 0.6) is 0 Å². The third-order valence-electron chi connectivity index (χ3n) is 1.51. The van der Waals surface area contributed by atoms with Gasteiger partial charge in [0.2, 0.25) is 0 Å². The van der Waals surface area contributed by atoms with Gasteiger partial charge in [0.05, 0.1) is 5.52 Å². The Morgan fingerprint density at radius 2 is 1.64 bits per heavy atom. The van der Waals surface area contributed by atoms with Gasteiger partial charge in [-0.15, -0.1) is 0 Å². The van der Waals surface area contributed by atoms with Crippen LogP contribution in [0.15, 0.2) is 42.6 Å². The summed E-state index contributed by atoms with van der Waals surface area (Å²) in [4.78, 5) is 4.18. The summed E-state index contributed by atoms with van der Waals surface area (Å²) < 4.78 is 0. The van der Waals surface area contributed by atoms with Crippen LogP contribution < -0.4 is 0 Å². The zero-order chi connectivity index (χ0) is 6.81. The van der Waals surface area contributed by atoms with E-state index in [1.54, 1.807) is 0 Å². The van der Waals surface area contributed by atoms with Gasteiger partial charge in [0, 0.05) is 11.6 Å². The molecule has 0 amide bonds. The molecule has 0 unspecified atom stereocenters. The molecule has 1 aromatic carbocycles. The smallest absolute Gasteiger partial charge is 0.256 e. The van der Waals surface area contributed by atoms with Gasteiger partial charge in [-0.3, -0.25) is 4.98 Å². The second-order valence-corrected chi connectivity index (χ2v) is 2.20. The molecule has 11 heavy (non-hydrogen) atoms. The van der Waals surface area contributed by atoms with Crippen LogP contribution in [0.2, 0.25) is 0 Å². The Hall–Kier alpha value is -0.571. The zero-order valence-electron chi connectivity index (χ0n) is 5.99. The number of nitrogens with zero attached hydrogens (tertiary/aromatic N) is 1. The van der Waals surface area contributed by atoms with Gasteiger partial charge in [-0.05, 0) is 12.1 Å². The molecule has 48 valence electrons. The summed E-state index contributed by atoms with van der Waals surface area (Å²) in [5, 5.41) is 1.20. The maximum Gasteiger partial charge on any atom is 4.00 e. The van der Waals surface area contributed by atoms with Crippen molar-refractivity contribution in [3.8, 4) is 0 Å². The summed E-state index contributed by atoms with van der Waals surface area (Å²) in [6, 6.07) is 12.1. The van der Waals surface area contributed by atoms with E-state index in [4.69, 9.17) is 0 Å². The third kappa shape index (κ3) is 1.71. The van der Waals surface area contributed by atoms with Gasteiger partial charge in [0.15, 0.2) is 0 Å². The Bertz CT molecular complexity index is 281. The molecule has 2 aromatic rings. The van der Waals surface area contributed by atoms with Crippen LogP contribution in [0, 0.1) is 0 Å². The number of aromatic nitrogens is 1. The fourth-order valence-corrected chi connectivity index (χ4v) is 1.02. The first-order valence-electron chi connectivity index (χ1n) is 3.26. The van der Waals surface area contributed by atoms with E-state index in [0.717, 1.165) is 5.52 Å². The normalized spacial score (nSPS) is 9.09.